The molecular weight excluding hydrogens is 336 g/mol. The van der Waals surface area contributed by atoms with Gasteiger partial charge in [0.15, 0.2) is 0 Å². The van der Waals surface area contributed by atoms with Crippen molar-refractivity contribution >= 4 is 17.6 Å². The topological polar surface area (TPSA) is 35.5 Å². The lowest BCUT2D eigenvalue weighted by molar-refractivity contribution is -0.140. The molecule has 0 saturated carbocycles. The largest absolute Gasteiger partial charge is 0.423 e. The SMILES string of the molecule is O=C(COC(c1ccccc1)c1ccccc1)Oc1ccccc1Cl. The summed E-state index contributed by atoms with van der Waals surface area (Å²) in [5, 5.41) is 0.388. The highest BCUT2D eigenvalue weighted by molar-refractivity contribution is 6.32. The molecule has 3 nitrogen and oxygen atoms in total. The van der Waals surface area contributed by atoms with E-state index in [9.17, 15) is 4.79 Å². The molecule has 25 heavy (non-hydrogen) atoms. The minimum absolute atomic E-state index is 0.181. The fraction of sp³-hybridized carbons (Fsp3) is 0.0952. The van der Waals surface area contributed by atoms with Crippen LogP contribution in [0.2, 0.25) is 5.02 Å². The van der Waals surface area contributed by atoms with Crippen LogP contribution in [-0.4, -0.2) is 12.6 Å². The van der Waals surface area contributed by atoms with E-state index in [-0.39, 0.29) is 12.7 Å². The summed E-state index contributed by atoms with van der Waals surface area (Å²) in [6.07, 6.45) is -0.346. The standard InChI is InChI=1S/C21H17ClO3/c22-18-13-7-8-14-19(18)25-20(23)15-24-21(16-9-3-1-4-10-16)17-11-5-2-6-12-17/h1-14,21H,15H2. The van der Waals surface area contributed by atoms with Crippen LogP contribution in [0.15, 0.2) is 84.9 Å². The average molecular weight is 353 g/mol. The van der Waals surface area contributed by atoms with Gasteiger partial charge in [0.1, 0.15) is 18.5 Å². The Morgan fingerprint density at radius 3 is 1.88 bits per heavy atom. The van der Waals surface area contributed by atoms with Crippen LogP contribution < -0.4 is 4.74 Å². The van der Waals surface area contributed by atoms with Crippen LogP contribution in [0.25, 0.3) is 0 Å². The van der Waals surface area contributed by atoms with Gasteiger partial charge in [-0.15, -0.1) is 0 Å². The number of esters is 1. The van der Waals surface area contributed by atoms with Crippen LogP contribution in [0, 0.1) is 0 Å². The Kier molecular flexibility index (Phi) is 5.83. The van der Waals surface area contributed by atoms with Gasteiger partial charge in [-0.2, -0.15) is 0 Å². The van der Waals surface area contributed by atoms with E-state index in [4.69, 9.17) is 21.1 Å². The summed E-state index contributed by atoms with van der Waals surface area (Å²) in [5.41, 5.74) is 1.94. The molecule has 0 aliphatic rings. The van der Waals surface area contributed by atoms with Crippen LogP contribution in [0.4, 0.5) is 0 Å². The number of benzene rings is 3. The first kappa shape index (κ1) is 17.2. The van der Waals surface area contributed by atoms with Gasteiger partial charge in [-0.3, -0.25) is 0 Å². The lowest BCUT2D eigenvalue weighted by Crippen LogP contribution is -2.18. The lowest BCUT2D eigenvalue weighted by Gasteiger charge is -2.18. The first-order valence-corrected chi connectivity index (χ1v) is 8.28. The summed E-state index contributed by atoms with van der Waals surface area (Å²) >= 11 is 6.00. The lowest BCUT2D eigenvalue weighted by atomic mass is 10.0. The second kappa shape index (κ2) is 8.47. The third kappa shape index (κ3) is 4.69. The fourth-order valence-electron chi connectivity index (χ4n) is 2.47. The van der Waals surface area contributed by atoms with E-state index in [0.717, 1.165) is 11.1 Å². The van der Waals surface area contributed by atoms with Crippen molar-refractivity contribution < 1.29 is 14.3 Å². The maximum Gasteiger partial charge on any atom is 0.337 e. The highest BCUT2D eigenvalue weighted by Gasteiger charge is 2.17. The van der Waals surface area contributed by atoms with E-state index in [1.165, 1.54) is 0 Å². The minimum atomic E-state index is -0.495. The number of rotatable bonds is 6. The van der Waals surface area contributed by atoms with Gasteiger partial charge in [0, 0.05) is 0 Å². The maximum absolute atomic E-state index is 12.1. The molecule has 0 bridgehead atoms. The summed E-state index contributed by atoms with van der Waals surface area (Å²) in [6, 6.07) is 26.4. The number of carbonyl (C=O) groups is 1. The third-order valence-electron chi connectivity index (χ3n) is 3.63. The zero-order chi connectivity index (χ0) is 17.5. The van der Waals surface area contributed by atoms with Crippen molar-refractivity contribution in [1.82, 2.24) is 0 Å². The Morgan fingerprint density at radius 1 is 0.800 bits per heavy atom. The van der Waals surface area contributed by atoms with Gasteiger partial charge in [0.2, 0.25) is 0 Å². The Labute approximate surface area is 151 Å². The number of hydrogen-bond donors (Lipinski definition) is 0. The predicted molar refractivity (Wildman–Crippen MR) is 97.8 cm³/mol. The van der Waals surface area contributed by atoms with E-state index in [1.54, 1.807) is 24.3 Å². The minimum Gasteiger partial charge on any atom is -0.423 e. The Balaban J connectivity index is 1.71. The molecule has 0 amide bonds. The normalized spacial score (nSPS) is 10.6. The smallest absolute Gasteiger partial charge is 0.337 e. The number of carbonyl (C=O) groups excluding carboxylic acids is 1. The summed E-state index contributed by atoms with van der Waals surface area (Å²) in [7, 11) is 0. The first-order chi connectivity index (χ1) is 12.2. The Morgan fingerprint density at radius 2 is 1.32 bits per heavy atom. The Hall–Kier alpha value is -2.62. The third-order valence-corrected chi connectivity index (χ3v) is 3.95. The summed E-state index contributed by atoms with van der Waals surface area (Å²) in [5.74, 6) is -0.168. The van der Waals surface area contributed by atoms with Crippen molar-refractivity contribution in [3.8, 4) is 5.75 Å². The van der Waals surface area contributed by atoms with Crippen molar-refractivity contribution in [2.24, 2.45) is 0 Å². The molecule has 3 aromatic rings. The van der Waals surface area contributed by atoms with Gasteiger partial charge in [-0.05, 0) is 23.3 Å². The highest BCUT2D eigenvalue weighted by Crippen LogP contribution is 2.26. The molecule has 0 N–H and O–H groups in total. The molecule has 0 atom stereocenters. The number of hydrogen-bond acceptors (Lipinski definition) is 3. The van der Waals surface area contributed by atoms with Gasteiger partial charge in [-0.25, -0.2) is 4.79 Å². The van der Waals surface area contributed by atoms with Crippen LogP contribution in [0.1, 0.15) is 17.2 Å². The predicted octanol–water partition coefficient (Wildman–Crippen LogP) is 5.05. The van der Waals surface area contributed by atoms with Crippen LogP contribution in [0.5, 0.6) is 5.75 Å². The quantitative estimate of drug-likeness (QED) is 0.460. The maximum atomic E-state index is 12.1. The highest BCUT2D eigenvalue weighted by atomic mass is 35.5. The van der Waals surface area contributed by atoms with Crippen molar-refractivity contribution in [3.05, 3.63) is 101 Å². The molecule has 3 rings (SSSR count). The molecule has 0 unspecified atom stereocenters. The van der Waals surface area contributed by atoms with Crippen molar-refractivity contribution in [2.75, 3.05) is 6.61 Å². The van der Waals surface area contributed by atoms with E-state index >= 15 is 0 Å². The number of halogens is 1. The first-order valence-electron chi connectivity index (χ1n) is 7.91. The van der Waals surface area contributed by atoms with Crippen LogP contribution in [-0.2, 0) is 9.53 Å². The molecule has 0 fully saturated rings. The average Bonchev–Trinajstić information content (AvgIpc) is 2.66. The second-order valence-electron chi connectivity index (χ2n) is 5.42. The van der Waals surface area contributed by atoms with Crippen molar-refractivity contribution in [1.29, 1.82) is 0 Å². The molecule has 0 aliphatic heterocycles. The van der Waals surface area contributed by atoms with E-state index in [2.05, 4.69) is 0 Å². The zero-order valence-corrected chi connectivity index (χ0v) is 14.2. The van der Waals surface area contributed by atoms with E-state index < -0.39 is 5.97 Å². The number of para-hydroxylation sites is 1. The molecule has 0 heterocycles. The Bertz CT molecular complexity index is 779. The summed E-state index contributed by atoms with van der Waals surface area (Å²) in [6.45, 7) is -0.181. The van der Waals surface area contributed by atoms with Gasteiger partial charge in [-0.1, -0.05) is 84.4 Å². The van der Waals surface area contributed by atoms with Gasteiger partial charge in [0.05, 0.1) is 5.02 Å². The molecule has 0 aromatic heterocycles. The molecule has 0 radical (unpaired) electrons. The van der Waals surface area contributed by atoms with Gasteiger partial charge < -0.3 is 9.47 Å². The number of ether oxygens (including phenoxy) is 2. The van der Waals surface area contributed by atoms with Crippen molar-refractivity contribution in [3.63, 3.8) is 0 Å². The summed E-state index contributed by atoms with van der Waals surface area (Å²) < 4.78 is 11.1. The van der Waals surface area contributed by atoms with E-state index in [0.29, 0.717) is 10.8 Å². The summed E-state index contributed by atoms with van der Waals surface area (Å²) in [4.78, 5) is 12.1. The molecule has 0 saturated heterocycles. The molecular formula is C21H17ClO3. The molecule has 126 valence electrons. The fourth-order valence-corrected chi connectivity index (χ4v) is 2.65. The van der Waals surface area contributed by atoms with Crippen molar-refractivity contribution in [2.45, 2.75) is 6.10 Å². The second-order valence-corrected chi connectivity index (χ2v) is 5.82. The molecule has 0 aliphatic carbocycles. The van der Waals surface area contributed by atoms with Crippen LogP contribution in [0.3, 0.4) is 0 Å². The van der Waals surface area contributed by atoms with E-state index in [1.807, 2.05) is 60.7 Å². The van der Waals surface area contributed by atoms with Gasteiger partial charge >= 0.3 is 5.97 Å². The monoisotopic (exact) mass is 352 g/mol. The molecule has 0 spiro atoms. The van der Waals surface area contributed by atoms with Gasteiger partial charge in [0.25, 0.3) is 0 Å². The van der Waals surface area contributed by atoms with Crippen LogP contribution >= 0.6 is 11.6 Å². The molecule has 4 heteroatoms. The zero-order valence-electron chi connectivity index (χ0n) is 13.5. The molecule has 3 aromatic carbocycles.